The van der Waals surface area contributed by atoms with Gasteiger partial charge in [0.1, 0.15) is 0 Å². The molecule has 1 aliphatic heterocycles. The molecule has 4 heteroatoms. The summed E-state index contributed by atoms with van der Waals surface area (Å²) in [5.74, 6) is 0.819. The summed E-state index contributed by atoms with van der Waals surface area (Å²) in [5, 5.41) is 9.58. The molecule has 1 saturated heterocycles. The third-order valence-electron chi connectivity index (χ3n) is 3.00. The van der Waals surface area contributed by atoms with E-state index < -0.39 is 0 Å². The van der Waals surface area contributed by atoms with Crippen LogP contribution in [0.3, 0.4) is 0 Å². The van der Waals surface area contributed by atoms with E-state index in [1.165, 1.54) is 12.8 Å². The van der Waals surface area contributed by atoms with Crippen molar-refractivity contribution in [1.82, 2.24) is 16.0 Å². The Balaban J connectivity index is 2.17. The predicted molar refractivity (Wildman–Crippen MR) is 66.3 cm³/mol. The Hall–Kier alpha value is -0.610. The highest BCUT2D eigenvalue weighted by Gasteiger charge is 2.17. The Morgan fingerprint density at radius 3 is 2.50 bits per heavy atom. The summed E-state index contributed by atoms with van der Waals surface area (Å²) in [6.07, 6.45) is 2.43. The molecule has 16 heavy (non-hydrogen) atoms. The lowest BCUT2D eigenvalue weighted by atomic mass is 9.98. The Labute approximate surface area is 98.6 Å². The van der Waals surface area contributed by atoms with Gasteiger partial charge in [0.15, 0.2) is 0 Å². The van der Waals surface area contributed by atoms with Crippen molar-refractivity contribution in [3.8, 4) is 0 Å². The van der Waals surface area contributed by atoms with Crippen LogP contribution < -0.4 is 16.0 Å². The molecular weight excluding hydrogens is 202 g/mol. The molecule has 3 N–H and O–H groups in total. The summed E-state index contributed by atoms with van der Waals surface area (Å²) >= 11 is 0. The zero-order valence-corrected chi connectivity index (χ0v) is 10.7. The molecular formula is C12H25N3O. The first-order valence-corrected chi connectivity index (χ1v) is 6.34. The van der Waals surface area contributed by atoms with E-state index in [2.05, 4.69) is 16.0 Å². The molecule has 1 rings (SSSR count). The first-order chi connectivity index (χ1) is 7.59. The zero-order valence-electron chi connectivity index (χ0n) is 10.7. The van der Waals surface area contributed by atoms with Gasteiger partial charge in [-0.05, 0) is 59.2 Å². The normalized spacial score (nSPS) is 19.8. The van der Waals surface area contributed by atoms with Gasteiger partial charge in [0, 0.05) is 6.04 Å². The van der Waals surface area contributed by atoms with E-state index in [-0.39, 0.29) is 18.0 Å². The summed E-state index contributed by atoms with van der Waals surface area (Å²) in [4.78, 5) is 11.6. The van der Waals surface area contributed by atoms with Crippen LogP contribution in [0.1, 0.15) is 33.6 Å². The van der Waals surface area contributed by atoms with E-state index in [1.54, 1.807) is 0 Å². The van der Waals surface area contributed by atoms with Crippen molar-refractivity contribution in [2.75, 3.05) is 19.6 Å². The average molecular weight is 227 g/mol. The molecule has 1 heterocycles. The first kappa shape index (κ1) is 13.5. The average Bonchev–Trinajstić information content (AvgIpc) is 2.26. The van der Waals surface area contributed by atoms with Gasteiger partial charge in [-0.2, -0.15) is 0 Å². The molecule has 1 unspecified atom stereocenters. The number of hydrogen-bond acceptors (Lipinski definition) is 3. The number of rotatable bonds is 5. The molecule has 0 aliphatic carbocycles. The summed E-state index contributed by atoms with van der Waals surface area (Å²) in [5.41, 5.74) is 0. The Morgan fingerprint density at radius 2 is 1.94 bits per heavy atom. The number of nitrogens with one attached hydrogen (secondary N) is 3. The van der Waals surface area contributed by atoms with Gasteiger partial charge in [-0.25, -0.2) is 0 Å². The lowest BCUT2D eigenvalue weighted by Crippen LogP contribution is -2.46. The fourth-order valence-corrected chi connectivity index (χ4v) is 1.93. The summed E-state index contributed by atoms with van der Waals surface area (Å²) in [7, 11) is 0. The molecule has 0 bridgehead atoms. The maximum atomic E-state index is 11.6. The van der Waals surface area contributed by atoms with E-state index in [4.69, 9.17) is 0 Å². The molecule has 1 amide bonds. The minimum atomic E-state index is -0.0858. The van der Waals surface area contributed by atoms with Gasteiger partial charge in [0.05, 0.1) is 6.04 Å². The topological polar surface area (TPSA) is 53.2 Å². The molecule has 94 valence electrons. The van der Waals surface area contributed by atoms with Gasteiger partial charge in [0.2, 0.25) is 5.91 Å². The number of piperidine rings is 1. The van der Waals surface area contributed by atoms with E-state index in [1.807, 2.05) is 20.8 Å². The minimum absolute atomic E-state index is 0.0858. The third-order valence-corrected chi connectivity index (χ3v) is 3.00. The fourth-order valence-electron chi connectivity index (χ4n) is 1.93. The standard InChI is InChI=1S/C12H25N3O/c1-9(2)15-12(16)10(3)14-8-11-4-6-13-7-5-11/h9-11,13-14H,4-8H2,1-3H3,(H,15,16). The fraction of sp³-hybridized carbons (Fsp3) is 0.917. The van der Waals surface area contributed by atoms with Crippen LogP contribution in [-0.2, 0) is 4.79 Å². The van der Waals surface area contributed by atoms with Crippen molar-refractivity contribution in [1.29, 1.82) is 0 Å². The van der Waals surface area contributed by atoms with E-state index >= 15 is 0 Å². The Morgan fingerprint density at radius 1 is 1.31 bits per heavy atom. The highest BCUT2D eigenvalue weighted by molar-refractivity contribution is 5.81. The van der Waals surface area contributed by atoms with Crippen LogP contribution in [0.5, 0.6) is 0 Å². The van der Waals surface area contributed by atoms with Crippen LogP contribution >= 0.6 is 0 Å². The summed E-state index contributed by atoms with van der Waals surface area (Å²) < 4.78 is 0. The number of carbonyl (C=O) groups excluding carboxylic acids is 1. The molecule has 0 aromatic heterocycles. The quantitative estimate of drug-likeness (QED) is 0.641. The van der Waals surface area contributed by atoms with Gasteiger partial charge in [-0.1, -0.05) is 0 Å². The Bertz CT molecular complexity index is 212. The van der Waals surface area contributed by atoms with Crippen molar-refractivity contribution in [2.24, 2.45) is 5.92 Å². The van der Waals surface area contributed by atoms with Crippen LogP contribution in [0.25, 0.3) is 0 Å². The second kappa shape index (κ2) is 6.86. The molecule has 1 aliphatic rings. The first-order valence-electron chi connectivity index (χ1n) is 6.34. The lowest BCUT2D eigenvalue weighted by molar-refractivity contribution is -0.123. The van der Waals surface area contributed by atoms with Gasteiger partial charge in [-0.15, -0.1) is 0 Å². The largest absolute Gasteiger partial charge is 0.353 e. The van der Waals surface area contributed by atoms with Gasteiger partial charge < -0.3 is 16.0 Å². The smallest absolute Gasteiger partial charge is 0.237 e. The number of carbonyl (C=O) groups is 1. The second-order valence-electron chi connectivity index (χ2n) is 4.99. The van der Waals surface area contributed by atoms with E-state index in [0.29, 0.717) is 0 Å². The molecule has 0 radical (unpaired) electrons. The van der Waals surface area contributed by atoms with Crippen molar-refractivity contribution < 1.29 is 4.79 Å². The zero-order chi connectivity index (χ0) is 12.0. The van der Waals surface area contributed by atoms with Crippen LogP contribution in [-0.4, -0.2) is 37.6 Å². The maximum Gasteiger partial charge on any atom is 0.237 e. The van der Waals surface area contributed by atoms with Crippen LogP contribution in [0, 0.1) is 5.92 Å². The van der Waals surface area contributed by atoms with Crippen LogP contribution in [0.4, 0.5) is 0 Å². The van der Waals surface area contributed by atoms with Gasteiger partial charge >= 0.3 is 0 Å². The Kier molecular flexibility index (Phi) is 5.77. The van der Waals surface area contributed by atoms with Crippen molar-refractivity contribution in [2.45, 2.75) is 45.7 Å². The number of amides is 1. The summed E-state index contributed by atoms with van der Waals surface area (Å²) in [6, 6.07) is 0.132. The van der Waals surface area contributed by atoms with Crippen LogP contribution in [0.2, 0.25) is 0 Å². The third kappa shape index (κ3) is 4.94. The van der Waals surface area contributed by atoms with Crippen molar-refractivity contribution >= 4 is 5.91 Å². The van der Waals surface area contributed by atoms with Crippen LogP contribution in [0.15, 0.2) is 0 Å². The predicted octanol–water partition coefficient (Wildman–Crippen LogP) is 0.489. The molecule has 1 fully saturated rings. The van der Waals surface area contributed by atoms with E-state index in [9.17, 15) is 4.79 Å². The van der Waals surface area contributed by atoms with Crippen molar-refractivity contribution in [3.05, 3.63) is 0 Å². The SMILES string of the molecule is CC(C)NC(=O)C(C)NCC1CCNCC1. The van der Waals surface area contributed by atoms with Crippen molar-refractivity contribution in [3.63, 3.8) is 0 Å². The molecule has 0 aromatic carbocycles. The molecule has 1 atom stereocenters. The molecule has 0 spiro atoms. The highest BCUT2D eigenvalue weighted by atomic mass is 16.2. The minimum Gasteiger partial charge on any atom is -0.353 e. The number of hydrogen-bond donors (Lipinski definition) is 3. The second-order valence-corrected chi connectivity index (χ2v) is 4.99. The maximum absolute atomic E-state index is 11.6. The van der Waals surface area contributed by atoms with Gasteiger partial charge in [-0.3, -0.25) is 4.79 Å². The van der Waals surface area contributed by atoms with Gasteiger partial charge in [0.25, 0.3) is 0 Å². The highest BCUT2D eigenvalue weighted by Crippen LogP contribution is 2.09. The monoisotopic (exact) mass is 227 g/mol. The molecule has 4 nitrogen and oxygen atoms in total. The summed E-state index contributed by atoms with van der Waals surface area (Å²) in [6.45, 7) is 9.07. The molecule has 0 saturated carbocycles. The lowest BCUT2D eigenvalue weighted by Gasteiger charge is -2.24. The van der Waals surface area contributed by atoms with E-state index in [0.717, 1.165) is 25.6 Å². The molecule has 0 aromatic rings.